The quantitative estimate of drug-likeness (QED) is 0.246. The molecule has 2 saturated heterocycles. The molecule has 2 aliphatic heterocycles. The lowest BCUT2D eigenvalue weighted by atomic mass is 9.91. The largest absolute Gasteiger partial charge is 0.456 e. The van der Waals surface area contributed by atoms with E-state index < -0.39 is 36.1 Å². The van der Waals surface area contributed by atoms with Crippen molar-refractivity contribution in [2.75, 3.05) is 33.8 Å². The van der Waals surface area contributed by atoms with E-state index in [0.29, 0.717) is 30.5 Å². The van der Waals surface area contributed by atoms with Gasteiger partial charge in [-0.1, -0.05) is 72.8 Å². The Morgan fingerprint density at radius 2 is 1.68 bits per heavy atom. The second-order valence-corrected chi connectivity index (χ2v) is 12.7. The summed E-state index contributed by atoms with van der Waals surface area (Å²) in [6, 6.07) is 25.0. The lowest BCUT2D eigenvalue weighted by Gasteiger charge is -2.33. The van der Waals surface area contributed by atoms with E-state index in [1.807, 2.05) is 60.7 Å². The number of likely N-dealkylation sites (N-methyl/N-ethyl adjacent to an activating group) is 1. The zero-order valence-electron chi connectivity index (χ0n) is 28.1. The molecule has 2 heterocycles. The molecule has 2 fully saturated rings. The molecule has 260 valence electrons. The van der Waals surface area contributed by atoms with Gasteiger partial charge in [0.2, 0.25) is 23.5 Å². The molecule has 1 aliphatic carbocycles. The maximum Gasteiger partial charge on any atom is 0.338 e. The third-order valence-electron chi connectivity index (χ3n) is 9.13. The van der Waals surface area contributed by atoms with E-state index in [2.05, 4.69) is 5.32 Å². The summed E-state index contributed by atoms with van der Waals surface area (Å²) in [5.74, 6) is -2.85. The van der Waals surface area contributed by atoms with Gasteiger partial charge in [-0.2, -0.15) is 0 Å². The van der Waals surface area contributed by atoms with Crippen molar-refractivity contribution in [1.82, 2.24) is 15.1 Å². The average molecular weight is 680 g/mol. The van der Waals surface area contributed by atoms with Crippen LogP contribution in [0.5, 0.6) is 0 Å². The van der Waals surface area contributed by atoms with Crippen molar-refractivity contribution in [1.29, 1.82) is 0 Å². The molecule has 2 N–H and O–H groups in total. The lowest BCUT2D eigenvalue weighted by Crippen LogP contribution is -2.49. The summed E-state index contributed by atoms with van der Waals surface area (Å²) in [7, 11) is 3.31. The van der Waals surface area contributed by atoms with Crippen molar-refractivity contribution < 1.29 is 38.5 Å². The van der Waals surface area contributed by atoms with E-state index in [-0.39, 0.29) is 42.9 Å². The van der Waals surface area contributed by atoms with E-state index in [4.69, 9.17) is 14.2 Å². The Morgan fingerprint density at radius 3 is 2.34 bits per heavy atom. The van der Waals surface area contributed by atoms with Gasteiger partial charge in [-0.25, -0.2) is 4.79 Å². The highest BCUT2D eigenvalue weighted by Gasteiger charge is 2.55. The first-order valence-corrected chi connectivity index (χ1v) is 16.8. The smallest absolute Gasteiger partial charge is 0.338 e. The minimum atomic E-state index is -1.36. The molecule has 4 atom stereocenters. The fourth-order valence-electron chi connectivity index (χ4n) is 6.64. The lowest BCUT2D eigenvalue weighted by molar-refractivity contribution is -0.157. The van der Waals surface area contributed by atoms with Crippen molar-refractivity contribution in [2.24, 2.45) is 0 Å². The Balaban J connectivity index is 1.33. The van der Waals surface area contributed by atoms with Crippen LogP contribution in [0.4, 0.5) is 0 Å². The van der Waals surface area contributed by atoms with E-state index in [1.54, 1.807) is 55.4 Å². The second-order valence-electron chi connectivity index (χ2n) is 12.7. The first kappa shape index (κ1) is 34.8. The number of carbonyl (C=O) groups is 4. The van der Waals surface area contributed by atoms with Gasteiger partial charge in [-0.05, 0) is 42.7 Å². The molecule has 0 bridgehead atoms. The van der Waals surface area contributed by atoms with Gasteiger partial charge >= 0.3 is 5.97 Å². The number of likely N-dealkylation sites (tertiary alicyclic amines) is 1. The fraction of sp³-hybridized carbons (Fsp3) is 0.333. The van der Waals surface area contributed by atoms with Crippen LogP contribution >= 0.6 is 0 Å². The molecule has 0 radical (unpaired) electrons. The van der Waals surface area contributed by atoms with Crippen LogP contribution in [0.1, 0.15) is 46.3 Å². The molecule has 3 amide bonds. The zero-order chi connectivity index (χ0) is 35.3. The van der Waals surface area contributed by atoms with Gasteiger partial charge in [0.05, 0.1) is 12.2 Å². The van der Waals surface area contributed by atoms with Crippen molar-refractivity contribution in [3.05, 3.63) is 125 Å². The fourth-order valence-corrected chi connectivity index (χ4v) is 6.64. The van der Waals surface area contributed by atoms with Crippen LogP contribution < -0.4 is 5.32 Å². The number of esters is 1. The number of hydrogen-bond donors (Lipinski definition) is 2. The van der Waals surface area contributed by atoms with Gasteiger partial charge in [0.15, 0.2) is 0 Å². The van der Waals surface area contributed by atoms with Gasteiger partial charge in [-0.15, -0.1) is 0 Å². The standard InChI is InChI=1S/C39H41N3O8/c1-41(2)34(44)19-18-26-11-9-12-27(23-26)38(47)48-32-24-28(37(46)42-21-10-17-31(42)36(45)40-20-22-43)25-33-35(32)50-39(49-33,29-13-5-3-6-14-29)30-15-7-4-8-16-30/h3-9,11-16,18-19,23,25,31-33,35,43H,10,17,20-22,24H2,1-2H3,(H,40,45). The maximum absolute atomic E-state index is 14.2. The third kappa shape index (κ3) is 7.25. The summed E-state index contributed by atoms with van der Waals surface area (Å²) in [4.78, 5) is 55.9. The van der Waals surface area contributed by atoms with Crippen molar-refractivity contribution >= 4 is 29.8 Å². The highest BCUT2D eigenvalue weighted by Crippen LogP contribution is 2.47. The molecule has 11 heteroatoms. The summed E-state index contributed by atoms with van der Waals surface area (Å²) >= 11 is 0. The van der Waals surface area contributed by atoms with E-state index >= 15 is 0 Å². The van der Waals surface area contributed by atoms with E-state index in [0.717, 1.165) is 11.1 Å². The molecule has 6 rings (SSSR count). The summed E-state index contributed by atoms with van der Waals surface area (Å²) in [5, 5.41) is 11.9. The number of ether oxygens (including phenoxy) is 3. The molecule has 4 unspecified atom stereocenters. The van der Waals surface area contributed by atoms with Crippen LogP contribution in [0.25, 0.3) is 6.08 Å². The van der Waals surface area contributed by atoms with Crippen LogP contribution in [-0.2, 0) is 34.4 Å². The number of aliphatic hydroxyl groups is 1. The monoisotopic (exact) mass is 679 g/mol. The number of amides is 3. The predicted molar refractivity (Wildman–Crippen MR) is 184 cm³/mol. The molecule has 3 aromatic carbocycles. The molecule has 3 aromatic rings. The number of carbonyl (C=O) groups excluding carboxylic acids is 4. The first-order valence-electron chi connectivity index (χ1n) is 16.8. The average Bonchev–Trinajstić information content (AvgIpc) is 3.80. The van der Waals surface area contributed by atoms with Gasteiger partial charge in [0, 0.05) is 56.4 Å². The number of aliphatic hydroxyl groups excluding tert-OH is 1. The number of nitrogens with zero attached hydrogens (tertiary/aromatic N) is 2. The molecular weight excluding hydrogens is 638 g/mol. The maximum atomic E-state index is 14.2. The van der Waals surface area contributed by atoms with Crippen LogP contribution in [0.2, 0.25) is 0 Å². The van der Waals surface area contributed by atoms with E-state index in [9.17, 15) is 24.3 Å². The van der Waals surface area contributed by atoms with Crippen molar-refractivity contribution in [3.8, 4) is 0 Å². The van der Waals surface area contributed by atoms with Crippen molar-refractivity contribution in [3.63, 3.8) is 0 Å². The number of fused-ring (bicyclic) bond motifs is 1. The Bertz CT molecular complexity index is 1730. The zero-order valence-corrected chi connectivity index (χ0v) is 28.1. The van der Waals surface area contributed by atoms with E-state index in [1.165, 1.54) is 11.0 Å². The number of nitrogens with one attached hydrogen (secondary N) is 1. The Kier molecular flexibility index (Phi) is 10.6. The molecular formula is C39H41N3O8. The normalized spacial score (nSPS) is 22.5. The van der Waals surface area contributed by atoms with Crippen LogP contribution in [0, 0.1) is 0 Å². The molecule has 0 aromatic heterocycles. The molecule has 0 spiro atoms. The topological polar surface area (TPSA) is 135 Å². The summed E-state index contributed by atoms with van der Waals surface area (Å²) in [6.07, 6.45) is 3.48. The predicted octanol–water partition coefficient (Wildman–Crippen LogP) is 3.43. The highest BCUT2D eigenvalue weighted by atomic mass is 16.8. The SMILES string of the molecule is CN(C)C(=O)C=Cc1cccc(C(=O)OC2CC(C(=O)N3CCCC3C(=O)NCCO)=CC3OC(c4ccccc4)(c4ccccc4)OC32)c1. The van der Waals surface area contributed by atoms with Crippen LogP contribution in [-0.4, -0.2) is 96.7 Å². The summed E-state index contributed by atoms with van der Waals surface area (Å²) in [5.41, 5.74) is 2.72. The second kappa shape index (κ2) is 15.2. The third-order valence-corrected chi connectivity index (χ3v) is 9.13. The minimum Gasteiger partial charge on any atom is -0.456 e. The molecule has 50 heavy (non-hydrogen) atoms. The number of hydrogen-bond acceptors (Lipinski definition) is 8. The van der Waals surface area contributed by atoms with Gasteiger partial charge in [0.1, 0.15) is 24.4 Å². The van der Waals surface area contributed by atoms with Crippen LogP contribution in [0.3, 0.4) is 0 Å². The Hall–Kier alpha value is -5.10. The van der Waals surface area contributed by atoms with Crippen LogP contribution in [0.15, 0.2) is 103 Å². The van der Waals surface area contributed by atoms with Gasteiger partial charge in [-0.3, -0.25) is 14.4 Å². The first-order chi connectivity index (χ1) is 24.2. The van der Waals surface area contributed by atoms with Crippen molar-refractivity contribution in [2.45, 2.75) is 49.4 Å². The Morgan fingerprint density at radius 1 is 0.980 bits per heavy atom. The van der Waals surface area contributed by atoms with Gasteiger partial charge in [0.25, 0.3) is 0 Å². The number of benzene rings is 3. The Labute approximate surface area is 291 Å². The van der Waals surface area contributed by atoms with Gasteiger partial charge < -0.3 is 34.4 Å². The summed E-state index contributed by atoms with van der Waals surface area (Å²) in [6.45, 7) is 0.276. The molecule has 3 aliphatic rings. The highest BCUT2D eigenvalue weighted by molar-refractivity contribution is 5.98. The summed E-state index contributed by atoms with van der Waals surface area (Å²) < 4.78 is 19.8. The molecule has 11 nitrogen and oxygen atoms in total. The molecule has 0 saturated carbocycles. The number of rotatable bonds is 10. The minimum absolute atomic E-state index is 0.0349.